The molecule has 0 saturated heterocycles. The molecule has 0 spiro atoms. The second-order valence-corrected chi connectivity index (χ2v) is 10.3. The Morgan fingerprint density at radius 1 is 1.12 bits per heavy atom. The number of aromatic nitrogens is 3. The molecular formula is C28H21Cl2FN6O2S. The van der Waals surface area contributed by atoms with Gasteiger partial charge in [-0.05, 0) is 66.6 Å². The summed E-state index contributed by atoms with van der Waals surface area (Å²) in [5, 5.41) is 22.0. The van der Waals surface area contributed by atoms with Gasteiger partial charge in [-0.2, -0.15) is 10.2 Å². The van der Waals surface area contributed by atoms with Crippen LogP contribution in [-0.4, -0.2) is 38.2 Å². The Balaban J connectivity index is 1.50. The van der Waals surface area contributed by atoms with Crippen LogP contribution in [0.5, 0.6) is 5.75 Å². The molecule has 2 aromatic heterocycles. The molecule has 0 bridgehead atoms. The Kier molecular flexibility index (Phi) is 8.11. The SMILES string of the molecule is NC(=O)c1cc(-c2csc(=NCCc3ccc(Cl)cc3Cl)n2/N=C/c2cnn(-c3ccc(F)cc3)c2)ccc1O. The zero-order valence-corrected chi connectivity index (χ0v) is 23.0. The van der Waals surface area contributed by atoms with Crippen LogP contribution in [0.25, 0.3) is 16.9 Å². The summed E-state index contributed by atoms with van der Waals surface area (Å²) < 4.78 is 16.6. The molecule has 202 valence electrons. The number of nitrogens with zero attached hydrogens (tertiary/aromatic N) is 5. The number of rotatable bonds is 8. The summed E-state index contributed by atoms with van der Waals surface area (Å²) in [4.78, 5) is 17.2. The molecule has 0 radical (unpaired) electrons. The molecule has 12 heteroatoms. The number of primary amides is 1. The number of carbonyl (C=O) groups excluding carboxylic acids is 1. The standard InChI is InChI=1S/C28H21Cl2FN6O2S/c29-20-3-1-18(24(30)12-20)9-10-33-28-37(25(16-40-28)19-2-8-26(38)23(11-19)27(32)39)35-14-17-13-34-36(15-17)22-6-4-21(31)5-7-22/h1-8,11-16,38H,9-10H2,(H2,32,39)/b33-28?,35-14+. The molecule has 0 atom stereocenters. The highest BCUT2D eigenvalue weighted by atomic mass is 35.5. The molecule has 0 saturated carbocycles. The second-order valence-electron chi connectivity index (χ2n) is 8.62. The van der Waals surface area contributed by atoms with E-state index in [4.69, 9.17) is 33.9 Å². The van der Waals surface area contributed by atoms with E-state index in [1.807, 2.05) is 11.4 Å². The first-order valence-electron chi connectivity index (χ1n) is 11.9. The summed E-state index contributed by atoms with van der Waals surface area (Å²) >= 11 is 13.7. The third-order valence-electron chi connectivity index (χ3n) is 5.90. The first-order chi connectivity index (χ1) is 19.3. The van der Waals surface area contributed by atoms with E-state index < -0.39 is 5.91 Å². The zero-order valence-electron chi connectivity index (χ0n) is 20.7. The highest BCUT2D eigenvalue weighted by Crippen LogP contribution is 2.26. The van der Waals surface area contributed by atoms with Crippen molar-refractivity contribution < 1.29 is 14.3 Å². The zero-order chi connectivity index (χ0) is 28.2. The van der Waals surface area contributed by atoms with Gasteiger partial charge in [0.25, 0.3) is 5.91 Å². The molecular weight excluding hydrogens is 574 g/mol. The number of benzene rings is 3. The van der Waals surface area contributed by atoms with Crippen LogP contribution in [0.4, 0.5) is 4.39 Å². The lowest BCUT2D eigenvalue weighted by molar-refractivity contribution is 0.0998. The third kappa shape index (κ3) is 6.15. The number of nitrogens with two attached hydrogens (primary N) is 1. The molecule has 0 aliphatic heterocycles. The van der Waals surface area contributed by atoms with Gasteiger partial charge in [-0.1, -0.05) is 29.3 Å². The monoisotopic (exact) mass is 594 g/mol. The van der Waals surface area contributed by atoms with Crippen LogP contribution in [0.2, 0.25) is 10.0 Å². The van der Waals surface area contributed by atoms with E-state index in [-0.39, 0.29) is 17.1 Å². The predicted octanol–water partition coefficient (Wildman–Crippen LogP) is 5.68. The van der Waals surface area contributed by atoms with Gasteiger partial charge in [0.05, 0.1) is 29.4 Å². The van der Waals surface area contributed by atoms with E-state index in [0.29, 0.717) is 50.3 Å². The number of carbonyl (C=O) groups is 1. The number of halogens is 3. The lowest BCUT2D eigenvalue weighted by Crippen LogP contribution is -2.14. The van der Waals surface area contributed by atoms with Gasteiger partial charge in [0.15, 0.2) is 0 Å². The minimum absolute atomic E-state index is 0.00401. The van der Waals surface area contributed by atoms with Crippen LogP contribution in [0, 0.1) is 5.82 Å². The quantitative estimate of drug-likeness (QED) is 0.225. The smallest absolute Gasteiger partial charge is 0.252 e. The number of hydrogen-bond donors (Lipinski definition) is 2. The second kappa shape index (κ2) is 11.9. The molecule has 0 fully saturated rings. The van der Waals surface area contributed by atoms with Crippen molar-refractivity contribution in [2.75, 3.05) is 6.54 Å². The molecule has 5 aromatic rings. The minimum Gasteiger partial charge on any atom is -0.507 e. The van der Waals surface area contributed by atoms with Gasteiger partial charge in [0.2, 0.25) is 4.80 Å². The van der Waals surface area contributed by atoms with Crippen LogP contribution < -0.4 is 10.5 Å². The van der Waals surface area contributed by atoms with Gasteiger partial charge in [0.1, 0.15) is 11.6 Å². The Bertz CT molecular complexity index is 1790. The number of thiazole rings is 1. The molecule has 40 heavy (non-hydrogen) atoms. The van der Waals surface area contributed by atoms with Crippen molar-refractivity contribution in [3.8, 4) is 22.7 Å². The Labute approximate surface area is 242 Å². The molecule has 1 amide bonds. The normalized spacial score (nSPS) is 11.9. The molecule has 5 rings (SSSR count). The maximum Gasteiger partial charge on any atom is 0.252 e. The summed E-state index contributed by atoms with van der Waals surface area (Å²) in [7, 11) is 0. The van der Waals surface area contributed by atoms with Crippen molar-refractivity contribution in [3.63, 3.8) is 0 Å². The molecule has 8 nitrogen and oxygen atoms in total. The third-order valence-corrected chi connectivity index (χ3v) is 7.34. The fourth-order valence-corrected chi connectivity index (χ4v) is 5.24. The molecule has 0 aliphatic rings. The van der Waals surface area contributed by atoms with Gasteiger partial charge in [-0.25, -0.2) is 13.7 Å². The average Bonchev–Trinajstić information content (AvgIpc) is 3.56. The maximum atomic E-state index is 13.3. The summed E-state index contributed by atoms with van der Waals surface area (Å²) in [5.41, 5.74) is 8.99. The summed E-state index contributed by atoms with van der Waals surface area (Å²) in [6, 6.07) is 15.9. The minimum atomic E-state index is -0.748. The van der Waals surface area contributed by atoms with Crippen LogP contribution >= 0.6 is 34.5 Å². The van der Waals surface area contributed by atoms with E-state index in [2.05, 4.69) is 10.2 Å². The number of amides is 1. The highest BCUT2D eigenvalue weighted by molar-refractivity contribution is 7.07. The van der Waals surface area contributed by atoms with Crippen molar-refractivity contribution in [1.29, 1.82) is 0 Å². The molecule has 3 aromatic carbocycles. The summed E-state index contributed by atoms with van der Waals surface area (Å²) in [5.74, 6) is -1.29. The largest absolute Gasteiger partial charge is 0.507 e. The lowest BCUT2D eigenvalue weighted by Gasteiger charge is -2.07. The predicted molar refractivity (Wildman–Crippen MR) is 155 cm³/mol. The number of hydrogen-bond acceptors (Lipinski definition) is 6. The van der Waals surface area contributed by atoms with E-state index in [0.717, 1.165) is 5.56 Å². The highest BCUT2D eigenvalue weighted by Gasteiger charge is 2.13. The topological polar surface area (TPSA) is 111 Å². The van der Waals surface area contributed by atoms with Crippen molar-refractivity contribution in [2.45, 2.75) is 6.42 Å². The van der Waals surface area contributed by atoms with E-state index >= 15 is 0 Å². The van der Waals surface area contributed by atoms with Crippen molar-refractivity contribution in [2.24, 2.45) is 15.8 Å². The van der Waals surface area contributed by atoms with Gasteiger partial charge >= 0.3 is 0 Å². The van der Waals surface area contributed by atoms with Gasteiger partial charge in [-0.3, -0.25) is 9.79 Å². The van der Waals surface area contributed by atoms with E-state index in [1.165, 1.54) is 35.6 Å². The van der Waals surface area contributed by atoms with Gasteiger partial charge in [-0.15, -0.1) is 11.3 Å². The Morgan fingerprint density at radius 3 is 2.67 bits per heavy atom. The fourth-order valence-electron chi connectivity index (χ4n) is 3.87. The van der Waals surface area contributed by atoms with Crippen LogP contribution in [0.15, 0.2) is 88.5 Å². The number of aromatic hydroxyl groups is 1. The molecule has 0 aliphatic carbocycles. The van der Waals surface area contributed by atoms with Crippen molar-refractivity contribution in [1.82, 2.24) is 14.5 Å². The fraction of sp³-hybridized carbons (Fsp3) is 0.0714. The average molecular weight is 595 g/mol. The van der Waals surface area contributed by atoms with Gasteiger partial charge < -0.3 is 10.8 Å². The Hall–Kier alpha value is -4.25. The first kappa shape index (κ1) is 27.3. The molecule has 0 unspecified atom stereocenters. The molecule has 2 heterocycles. The number of phenols is 1. The summed E-state index contributed by atoms with van der Waals surface area (Å²) in [6.07, 6.45) is 5.59. The Morgan fingerprint density at radius 2 is 1.93 bits per heavy atom. The lowest BCUT2D eigenvalue weighted by atomic mass is 10.1. The van der Waals surface area contributed by atoms with Crippen LogP contribution in [0.3, 0.4) is 0 Å². The van der Waals surface area contributed by atoms with Crippen LogP contribution in [0.1, 0.15) is 21.5 Å². The van der Waals surface area contributed by atoms with Gasteiger partial charge in [0, 0.05) is 39.3 Å². The van der Waals surface area contributed by atoms with E-state index in [1.54, 1.807) is 58.3 Å². The van der Waals surface area contributed by atoms with Crippen LogP contribution in [-0.2, 0) is 6.42 Å². The van der Waals surface area contributed by atoms with E-state index in [9.17, 15) is 14.3 Å². The van der Waals surface area contributed by atoms with Crippen molar-refractivity contribution >= 4 is 46.7 Å². The maximum absolute atomic E-state index is 13.3. The molecule has 3 N–H and O–H groups in total. The summed E-state index contributed by atoms with van der Waals surface area (Å²) in [6.45, 7) is 0.432. The first-order valence-corrected chi connectivity index (χ1v) is 13.5. The van der Waals surface area contributed by atoms with Crippen molar-refractivity contribution in [3.05, 3.63) is 116 Å².